The summed E-state index contributed by atoms with van der Waals surface area (Å²) in [5, 5.41) is 12.9. The van der Waals surface area contributed by atoms with E-state index in [4.69, 9.17) is 0 Å². The average molecular weight is 302 g/mol. The molecular weight excluding hydrogens is 280 g/mol. The fourth-order valence-electron chi connectivity index (χ4n) is 3.47. The molecule has 22 heavy (non-hydrogen) atoms. The molecule has 2 amide bonds. The molecule has 0 aromatic heterocycles. The Labute approximate surface area is 130 Å². The van der Waals surface area contributed by atoms with Crippen LogP contribution in [0.15, 0.2) is 24.3 Å². The lowest BCUT2D eigenvalue weighted by Gasteiger charge is -2.23. The Bertz CT molecular complexity index is 593. The van der Waals surface area contributed by atoms with E-state index < -0.39 is 17.4 Å². The van der Waals surface area contributed by atoms with Gasteiger partial charge in [-0.05, 0) is 24.5 Å². The molecule has 1 aliphatic heterocycles. The van der Waals surface area contributed by atoms with E-state index in [1.54, 1.807) is 0 Å². The topological polar surface area (TPSA) is 69.6 Å². The summed E-state index contributed by atoms with van der Waals surface area (Å²) in [5.41, 5.74) is 1.07. The molecule has 1 aromatic rings. The van der Waals surface area contributed by atoms with Crippen LogP contribution in [0.3, 0.4) is 0 Å². The van der Waals surface area contributed by atoms with Crippen LogP contribution >= 0.6 is 0 Å². The lowest BCUT2D eigenvalue weighted by atomic mass is 10.0. The minimum absolute atomic E-state index is 0.155. The van der Waals surface area contributed by atoms with Crippen LogP contribution in [-0.4, -0.2) is 35.6 Å². The minimum atomic E-state index is -0.841. The number of rotatable bonds is 2. The van der Waals surface area contributed by atoms with Crippen LogP contribution in [0.25, 0.3) is 0 Å². The number of anilines is 1. The van der Waals surface area contributed by atoms with Gasteiger partial charge in [0.15, 0.2) is 0 Å². The summed E-state index contributed by atoms with van der Waals surface area (Å²) in [6.45, 7) is 2.73. The summed E-state index contributed by atoms with van der Waals surface area (Å²) in [6.07, 6.45) is 3.31. The van der Waals surface area contributed by atoms with Gasteiger partial charge in [0, 0.05) is 24.7 Å². The van der Waals surface area contributed by atoms with Crippen molar-refractivity contribution in [3.8, 4) is 0 Å². The van der Waals surface area contributed by atoms with Crippen molar-refractivity contribution >= 4 is 17.5 Å². The van der Waals surface area contributed by atoms with E-state index in [2.05, 4.69) is 5.32 Å². The quantitative estimate of drug-likeness (QED) is 0.815. The molecule has 5 heteroatoms. The largest absolute Gasteiger partial charge is 0.388 e. The van der Waals surface area contributed by atoms with Crippen LogP contribution < -0.4 is 10.2 Å². The van der Waals surface area contributed by atoms with Gasteiger partial charge in [0.2, 0.25) is 0 Å². The van der Waals surface area contributed by atoms with Crippen molar-refractivity contribution in [1.82, 2.24) is 5.32 Å². The molecule has 0 radical (unpaired) electrons. The second-order valence-electron chi connectivity index (χ2n) is 6.49. The zero-order chi connectivity index (χ0) is 15.7. The minimum Gasteiger partial charge on any atom is -0.388 e. The van der Waals surface area contributed by atoms with Crippen LogP contribution in [0, 0.1) is 0 Å². The van der Waals surface area contributed by atoms with Crippen LogP contribution in [0.1, 0.15) is 44.1 Å². The molecular formula is C17H22N2O3. The van der Waals surface area contributed by atoms with E-state index in [1.165, 1.54) is 4.90 Å². The molecule has 1 aliphatic carbocycles. The highest BCUT2D eigenvalue weighted by Crippen LogP contribution is 2.35. The van der Waals surface area contributed by atoms with Crippen molar-refractivity contribution in [2.45, 2.75) is 44.1 Å². The van der Waals surface area contributed by atoms with Crippen LogP contribution in [0.2, 0.25) is 0 Å². The van der Waals surface area contributed by atoms with Gasteiger partial charge in [-0.3, -0.25) is 9.59 Å². The summed E-state index contributed by atoms with van der Waals surface area (Å²) in [5.74, 6) is -0.949. The third-order valence-electron chi connectivity index (χ3n) is 4.77. The van der Waals surface area contributed by atoms with Crippen molar-refractivity contribution < 1.29 is 14.7 Å². The second kappa shape index (κ2) is 5.72. The van der Waals surface area contributed by atoms with Gasteiger partial charge in [-0.15, -0.1) is 0 Å². The number of amides is 2. The van der Waals surface area contributed by atoms with Gasteiger partial charge in [0.25, 0.3) is 0 Å². The smallest absolute Gasteiger partial charge is 0.316 e. The Morgan fingerprint density at radius 2 is 2.00 bits per heavy atom. The van der Waals surface area contributed by atoms with Gasteiger partial charge >= 0.3 is 11.8 Å². The molecule has 0 spiro atoms. The molecule has 2 N–H and O–H groups in total. The summed E-state index contributed by atoms with van der Waals surface area (Å²) < 4.78 is 0. The standard InChI is InChI=1S/C17H22N2O3/c1-12-10-19(14-7-3-2-6-13(12)14)16(21)15(20)18-11-17(22)8-4-5-9-17/h2-3,6-7,12,22H,4-5,8-11H2,1H3,(H,18,20). The SMILES string of the molecule is CC1CN(C(=O)C(=O)NCC2(O)CCCC2)c2ccccc21. The van der Waals surface area contributed by atoms with E-state index in [0.717, 1.165) is 24.1 Å². The molecule has 3 rings (SSSR count). The average Bonchev–Trinajstić information content (AvgIpc) is 3.10. The fourth-order valence-corrected chi connectivity index (χ4v) is 3.47. The van der Waals surface area contributed by atoms with Gasteiger partial charge in [-0.25, -0.2) is 0 Å². The predicted molar refractivity (Wildman–Crippen MR) is 83.6 cm³/mol. The number of carbonyl (C=O) groups is 2. The first-order chi connectivity index (χ1) is 10.5. The highest BCUT2D eigenvalue weighted by atomic mass is 16.3. The monoisotopic (exact) mass is 302 g/mol. The molecule has 118 valence electrons. The van der Waals surface area contributed by atoms with Gasteiger partial charge in [0.05, 0.1) is 5.60 Å². The first-order valence-electron chi connectivity index (χ1n) is 7.91. The van der Waals surface area contributed by atoms with E-state index in [1.807, 2.05) is 31.2 Å². The molecule has 1 unspecified atom stereocenters. The maximum Gasteiger partial charge on any atom is 0.316 e. The van der Waals surface area contributed by atoms with Crippen molar-refractivity contribution in [2.75, 3.05) is 18.0 Å². The molecule has 0 bridgehead atoms. The number of benzene rings is 1. The van der Waals surface area contributed by atoms with Gasteiger partial charge in [-0.1, -0.05) is 38.0 Å². The van der Waals surface area contributed by atoms with Crippen LogP contribution in [-0.2, 0) is 9.59 Å². The number of nitrogens with one attached hydrogen (secondary N) is 1. The first-order valence-corrected chi connectivity index (χ1v) is 7.91. The van der Waals surface area contributed by atoms with Gasteiger partial charge < -0.3 is 15.3 Å². The maximum absolute atomic E-state index is 12.4. The maximum atomic E-state index is 12.4. The van der Waals surface area contributed by atoms with E-state index in [0.29, 0.717) is 19.4 Å². The highest BCUT2D eigenvalue weighted by Gasteiger charge is 2.35. The summed E-state index contributed by atoms with van der Waals surface area (Å²) in [6, 6.07) is 7.68. The Kier molecular flexibility index (Phi) is 3.91. The lowest BCUT2D eigenvalue weighted by Crippen LogP contribution is -2.47. The molecule has 1 aromatic carbocycles. The molecule has 0 saturated heterocycles. The number of hydrogen-bond donors (Lipinski definition) is 2. The van der Waals surface area contributed by atoms with Crippen molar-refractivity contribution in [3.63, 3.8) is 0 Å². The fraction of sp³-hybridized carbons (Fsp3) is 0.529. The molecule has 5 nitrogen and oxygen atoms in total. The number of nitrogens with zero attached hydrogens (tertiary/aromatic N) is 1. The first kappa shape index (κ1) is 15.0. The van der Waals surface area contributed by atoms with Crippen molar-refractivity contribution in [2.24, 2.45) is 0 Å². The van der Waals surface area contributed by atoms with E-state index in [-0.39, 0.29) is 12.5 Å². The van der Waals surface area contributed by atoms with Gasteiger partial charge in [-0.2, -0.15) is 0 Å². The van der Waals surface area contributed by atoms with Crippen LogP contribution in [0.5, 0.6) is 0 Å². The van der Waals surface area contributed by atoms with Crippen molar-refractivity contribution in [3.05, 3.63) is 29.8 Å². The predicted octanol–water partition coefficient (Wildman–Crippen LogP) is 1.56. The van der Waals surface area contributed by atoms with Crippen LogP contribution in [0.4, 0.5) is 5.69 Å². The second-order valence-corrected chi connectivity index (χ2v) is 6.49. The number of fused-ring (bicyclic) bond motifs is 1. The number of hydrogen-bond acceptors (Lipinski definition) is 3. The van der Waals surface area contributed by atoms with E-state index in [9.17, 15) is 14.7 Å². The van der Waals surface area contributed by atoms with Gasteiger partial charge in [0.1, 0.15) is 0 Å². The summed E-state index contributed by atoms with van der Waals surface area (Å²) in [7, 11) is 0. The number of aliphatic hydroxyl groups is 1. The Hall–Kier alpha value is -1.88. The Morgan fingerprint density at radius 1 is 1.32 bits per heavy atom. The normalized spacial score (nSPS) is 22.5. The molecule has 2 aliphatic rings. The number of para-hydroxylation sites is 1. The third kappa shape index (κ3) is 2.73. The Balaban J connectivity index is 1.66. The molecule has 1 fully saturated rings. The van der Waals surface area contributed by atoms with Crippen molar-refractivity contribution in [1.29, 1.82) is 0 Å². The zero-order valence-electron chi connectivity index (χ0n) is 12.8. The molecule has 1 saturated carbocycles. The molecule has 1 atom stereocenters. The van der Waals surface area contributed by atoms with E-state index >= 15 is 0 Å². The summed E-state index contributed by atoms with van der Waals surface area (Å²) in [4.78, 5) is 26.1. The lowest BCUT2D eigenvalue weighted by molar-refractivity contribution is -0.138. The molecule has 1 heterocycles. The highest BCUT2D eigenvalue weighted by molar-refractivity contribution is 6.40. The number of carbonyl (C=O) groups excluding carboxylic acids is 2. The zero-order valence-corrected chi connectivity index (χ0v) is 12.8. The summed E-state index contributed by atoms with van der Waals surface area (Å²) >= 11 is 0. The third-order valence-corrected chi connectivity index (χ3v) is 4.77. The Morgan fingerprint density at radius 3 is 2.73 bits per heavy atom.